The van der Waals surface area contributed by atoms with Gasteiger partial charge in [-0.1, -0.05) is 6.42 Å². The highest BCUT2D eigenvalue weighted by molar-refractivity contribution is 5.76. The molecular weight excluding hydrogens is 226 g/mol. The van der Waals surface area contributed by atoms with Gasteiger partial charge in [0.2, 0.25) is 5.91 Å². The molecule has 4 heteroatoms. The summed E-state index contributed by atoms with van der Waals surface area (Å²) >= 11 is 0. The van der Waals surface area contributed by atoms with E-state index in [4.69, 9.17) is 5.73 Å². The monoisotopic (exact) mass is 255 g/mol. The molecule has 1 aliphatic rings. The van der Waals surface area contributed by atoms with Crippen molar-refractivity contribution in [3.05, 3.63) is 0 Å². The number of amides is 1. The predicted molar refractivity (Wildman–Crippen MR) is 75.3 cm³/mol. The van der Waals surface area contributed by atoms with Crippen LogP contribution < -0.4 is 11.1 Å². The average Bonchev–Trinajstić information content (AvgIpc) is 2.26. The summed E-state index contributed by atoms with van der Waals surface area (Å²) in [7, 11) is 4.07. The van der Waals surface area contributed by atoms with E-state index in [1.807, 2.05) is 14.1 Å². The molecule has 0 aliphatic heterocycles. The zero-order valence-corrected chi connectivity index (χ0v) is 12.3. The first-order chi connectivity index (χ1) is 8.31. The molecule has 0 saturated heterocycles. The highest BCUT2D eigenvalue weighted by Gasteiger charge is 2.24. The second-order valence-electron chi connectivity index (χ2n) is 6.48. The van der Waals surface area contributed by atoms with E-state index in [-0.39, 0.29) is 11.4 Å². The summed E-state index contributed by atoms with van der Waals surface area (Å²) in [6, 6.07) is 0.301. The van der Waals surface area contributed by atoms with Gasteiger partial charge in [0.05, 0.1) is 0 Å². The number of carbonyl (C=O) groups excluding carboxylic acids is 1. The number of nitrogens with one attached hydrogen (secondary N) is 1. The Morgan fingerprint density at radius 2 is 2.06 bits per heavy atom. The Labute approximate surface area is 111 Å². The fraction of sp³-hybridized carbons (Fsp3) is 0.929. The molecular formula is C14H29N3O. The van der Waals surface area contributed by atoms with Crippen molar-refractivity contribution in [2.24, 2.45) is 11.7 Å². The van der Waals surface area contributed by atoms with E-state index in [1.165, 1.54) is 6.42 Å². The molecule has 0 aromatic rings. The van der Waals surface area contributed by atoms with Gasteiger partial charge in [-0.3, -0.25) is 4.79 Å². The molecule has 0 bridgehead atoms. The molecule has 0 heterocycles. The van der Waals surface area contributed by atoms with Crippen molar-refractivity contribution in [3.8, 4) is 0 Å². The maximum Gasteiger partial charge on any atom is 0.220 e. The van der Waals surface area contributed by atoms with E-state index in [9.17, 15) is 4.79 Å². The molecule has 2 atom stereocenters. The third-order valence-corrected chi connectivity index (χ3v) is 4.23. The van der Waals surface area contributed by atoms with Crippen molar-refractivity contribution in [1.29, 1.82) is 0 Å². The van der Waals surface area contributed by atoms with Crippen molar-refractivity contribution in [3.63, 3.8) is 0 Å². The largest absolute Gasteiger partial charge is 0.354 e. The Morgan fingerprint density at radius 1 is 1.39 bits per heavy atom. The first kappa shape index (κ1) is 15.4. The summed E-state index contributed by atoms with van der Waals surface area (Å²) in [5.74, 6) is 0.653. The van der Waals surface area contributed by atoms with Crippen LogP contribution in [0.5, 0.6) is 0 Å². The highest BCUT2D eigenvalue weighted by Crippen LogP contribution is 2.25. The van der Waals surface area contributed by atoms with Gasteiger partial charge in [0, 0.05) is 24.5 Å². The predicted octanol–water partition coefficient (Wildman–Crippen LogP) is 1.35. The van der Waals surface area contributed by atoms with Crippen LogP contribution in [0.2, 0.25) is 0 Å². The van der Waals surface area contributed by atoms with Crippen molar-refractivity contribution in [2.75, 3.05) is 20.6 Å². The van der Waals surface area contributed by atoms with Crippen LogP contribution in [0.25, 0.3) is 0 Å². The van der Waals surface area contributed by atoms with Crippen LogP contribution in [-0.4, -0.2) is 43.0 Å². The Hall–Kier alpha value is -0.610. The quantitative estimate of drug-likeness (QED) is 0.779. The van der Waals surface area contributed by atoms with Crippen LogP contribution in [0.15, 0.2) is 0 Å². The van der Waals surface area contributed by atoms with Gasteiger partial charge in [-0.15, -0.1) is 0 Å². The molecule has 2 unspecified atom stereocenters. The molecule has 3 N–H and O–H groups in total. The minimum Gasteiger partial charge on any atom is -0.354 e. The van der Waals surface area contributed by atoms with Crippen molar-refractivity contribution in [1.82, 2.24) is 10.2 Å². The molecule has 18 heavy (non-hydrogen) atoms. The molecule has 1 saturated carbocycles. The number of carbonyl (C=O) groups is 1. The van der Waals surface area contributed by atoms with Crippen molar-refractivity contribution in [2.45, 2.75) is 57.5 Å². The highest BCUT2D eigenvalue weighted by atomic mass is 16.1. The van der Waals surface area contributed by atoms with Gasteiger partial charge < -0.3 is 16.0 Å². The van der Waals surface area contributed by atoms with E-state index in [0.717, 1.165) is 19.3 Å². The summed E-state index contributed by atoms with van der Waals surface area (Å²) in [5.41, 5.74) is 5.94. The standard InChI is InChI=1S/C14H29N3O/c1-14(2,17(3)4)10-16-13(18)9-11-6-5-7-12(15)8-11/h11-12H,5-10,15H2,1-4H3,(H,16,18). The van der Waals surface area contributed by atoms with Gasteiger partial charge in [-0.05, 0) is 53.1 Å². The van der Waals surface area contributed by atoms with E-state index < -0.39 is 0 Å². The van der Waals surface area contributed by atoms with Gasteiger partial charge in [0.15, 0.2) is 0 Å². The van der Waals surface area contributed by atoms with E-state index in [0.29, 0.717) is 24.9 Å². The van der Waals surface area contributed by atoms with Crippen LogP contribution in [0.1, 0.15) is 46.0 Å². The number of hydrogen-bond acceptors (Lipinski definition) is 3. The van der Waals surface area contributed by atoms with Crippen molar-refractivity contribution >= 4 is 5.91 Å². The Morgan fingerprint density at radius 3 is 2.61 bits per heavy atom. The van der Waals surface area contributed by atoms with Gasteiger partial charge in [-0.25, -0.2) is 0 Å². The van der Waals surface area contributed by atoms with Gasteiger partial charge in [-0.2, -0.15) is 0 Å². The lowest BCUT2D eigenvalue weighted by Crippen LogP contribution is -2.48. The number of likely N-dealkylation sites (N-methyl/N-ethyl adjacent to an activating group) is 1. The number of hydrogen-bond donors (Lipinski definition) is 2. The van der Waals surface area contributed by atoms with Crippen molar-refractivity contribution < 1.29 is 4.79 Å². The smallest absolute Gasteiger partial charge is 0.220 e. The van der Waals surface area contributed by atoms with Gasteiger partial charge >= 0.3 is 0 Å². The molecule has 0 radical (unpaired) electrons. The normalized spacial score (nSPS) is 25.2. The topological polar surface area (TPSA) is 58.4 Å². The zero-order valence-electron chi connectivity index (χ0n) is 12.3. The Bertz CT molecular complexity index is 276. The summed E-state index contributed by atoms with van der Waals surface area (Å²) < 4.78 is 0. The minimum atomic E-state index is -0.00136. The molecule has 1 amide bonds. The van der Waals surface area contributed by atoms with Gasteiger partial charge in [0.25, 0.3) is 0 Å². The summed E-state index contributed by atoms with van der Waals surface area (Å²) in [5, 5.41) is 3.04. The number of rotatable bonds is 5. The second kappa shape index (κ2) is 6.53. The Kier molecular flexibility index (Phi) is 5.60. The number of nitrogens with zero attached hydrogens (tertiary/aromatic N) is 1. The van der Waals surface area contributed by atoms with E-state index in [1.54, 1.807) is 0 Å². The van der Waals surface area contributed by atoms with Crippen LogP contribution >= 0.6 is 0 Å². The molecule has 1 rings (SSSR count). The van der Waals surface area contributed by atoms with Crippen LogP contribution in [0, 0.1) is 5.92 Å². The lowest BCUT2D eigenvalue weighted by atomic mass is 9.84. The summed E-state index contributed by atoms with van der Waals surface area (Å²) in [6.45, 7) is 4.95. The molecule has 1 fully saturated rings. The maximum absolute atomic E-state index is 11.9. The second-order valence-corrected chi connectivity index (χ2v) is 6.48. The fourth-order valence-corrected chi connectivity index (χ4v) is 2.33. The molecule has 0 aromatic heterocycles. The molecule has 106 valence electrons. The van der Waals surface area contributed by atoms with Crippen LogP contribution in [0.4, 0.5) is 0 Å². The first-order valence-corrected chi connectivity index (χ1v) is 7.01. The Balaban J connectivity index is 2.29. The van der Waals surface area contributed by atoms with Crippen LogP contribution in [0.3, 0.4) is 0 Å². The molecule has 1 aliphatic carbocycles. The lowest BCUT2D eigenvalue weighted by molar-refractivity contribution is -0.122. The third kappa shape index (κ3) is 4.94. The minimum absolute atomic E-state index is 0.00136. The molecule has 4 nitrogen and oxygen atoms in total. The van der Waals surface area contributed by atoms with Gasteiger partial charge in [0.1, 0.15) is 0 Å². The summed E-state index contributed by atoms with van der Waals surface area (Å²) in [6.07, 6.45) is 5.08. The summed E-state index contributed by atoms with van der Waals surface area (Å²) in [4.78, 5) is 14.0. The molecule has 0 spiro atoms. The molecule has 0 aromatic carbocycles. The third-order valence-electron chi connectivity index (χ3n) is 4.23. The first-order valence-electron chi connectivity index (χ1n) is 7.01. The SMILES string of the molecule is CN(C)C(C)(C)CNC(=O)CC1CCCC(N)C1. The van der Waals surface area contributed by atoms with Crippen LogP contribution in [-0.2, 0) is 4.79 Å². The maximum atomic E-state index is 11.9. The zero-order chi connectivity index (χ0) is 13.8. The number of nitrogens with two attached hydrogens (primary N) is 1. The lowest BCUT2D eigenvalue weighted by Gasteiger charge is -2.33. The van der Waals surface area contributed by atoms with E-state index >= 15 is 0 Å². The van der Waals surface area contributed by atoms with E-state index in [2.05, 4.69) is 24.1 Å². The average molecular weight is 255 g/mol. The fourth-order valence-electron chi connectivity index (χ4n) is 2.33.